The molecule has 0 aromatic heterocycles. The number of hydrogen-bond donors (Lipinski definition) is 1. The SMILES string of the molecule is O=C(N1C[C@@H]2CCC[C@@]2(C(=O)O)C1)C1(c2cccc(F)c2)CCC1. The predicted molar refractivity (Wildman–Crippen MR) is 85.9 cm³/mol. The van der Waals surface area contributed by atoms with Gasteiger partial charge in [0.2, 0.25) is 5.91 Å². The van der Waals surface area contributed by atoms with Crippen LogP contribution >= 0.6 is 0 Å². The summed E-state index contributed by atoms with van der Waals surface area (Å²) in [5, 5.41) is 9.71. The maximum atomic E-state index is 13.7. The number of nitrogens with zero attached hydrogens (tertiary/aromatic N) is 1. The summed E-state index contributed by atoms with van der Waals surface area (Å²) in [7, 11) is 0. The lowest BCUT2D eigenvalue weighted by Crippen LogP contribution is -2.51. The van der Waals surface area contributed by atoms with E-state index in [4.69, 9.17) is 0 Å². The van der Waals surface area contributed by atoms with Gasteiger partial charge in [-0.05, 0) is 49.3 Å². The fourth-order valence-electron chi connectivity index (χ4n) is 5.04. The Morgan fingerprint density at radius 3 is 2.58 bits per heavy atom. The average Bonchev–Trinajstić information content (AvgIpc) is 3.03. The third kappa shape index (κ3) is 2.03. The zero-order valence-electron chi connectivity index (χ0n) is 13.6. The van der Waals surface area contributed by atoms with E-state index in [1.807, 2.05) is 6.07 Å². The molecule has 2 atom stereocenters. The minimum Gasteiger partial charge on any atom is -0.481 e. The van der Waals surface area contributed by atoms with Crippen LogP contribution in [0.15, 0.2) is 24.3 Å². The van der Waals surface area contributed by atoms with Crippen LogP contribution in [0.2, 0.25) is 0 Å². The fraction of sp³-hybridized carbons (Fsp3) is 0.579. The molecule has 0 unspecified atom stereocenters. The number of carboxylic acids is 1. The van der Waals surface area contributed by atoms with Gasteiger partial charge in [0.1, 0.15) is 5.82 Å². The number of halogens is 1. The molecule has 0 bridgehead atoms. The van der Waals surface area contributed by atoms with Crippen LogP contribution in [-0.2, 0) is 15.0 Å². The molecule has 128 valence electrons. The topological polar surface area (TPSA) is 57.6 Å². The van der Waals surface area contributed by atoms with E-state index >= 15 is 0 Å². The molecular weight excluding hydrogens is 309 g/mol. The summed E-state index contributed by atoms with van der Waals surface area (Å²) in [5.41, 5.74) is -0.677. The molecule has 4 nitrogen and oxygen atoms in total. The molecule has 1 heterocycles. The monoisotopic (exact) mass is 331 g/mol. The van der Waals surface area contributed by atoms with Crippen molar-refractivity contribution in [1.29, 1.82) is 0 Å². The van der Waals surface area contributed by atoms with Crippen molar-refractivity contribution >= 4 is 11.9 Å². The number of carbonyl (C=O) groups excluding carboxylic acids is 1. The number of benzene rings is 1. The molecule has 1 aliphatic heterocycles. The fourth-order valence-corrected chi connectivity index (χ4v) is 5.04. The Morgan fingerprint density at radius 2 is 2.00 bits per heavy atom. The lowest BCUT2D eigenvalue weighted by molar-refractivity contribution is -0.150. The van der Waals surface area contributed by atoms with Gasteiger partial charge in [-0.25, -0.2) is 4.39 Å². The molecule has 1 aromatic carbocycles. The van der Waals surface area contributed by atoms with Gasteiger partial charge >= 0.3 is 5.97 Å². The number of carboxylic acid groups (broad SMARTS) is 1. The molecule has 1 N–H and O–H groups in total. The van der Waals surface area contributed by atoms with Crippen molar-refractivity contribution in [2.45, 2.75) is 43.9 Å². The number of amides is 1. The summed E-state index contributed by atoms with van der Waals surface area (Å²) < 4.78 is 13.7. The molecule has 1 saturated heterocycles. The molecule has 3 aliphatic rings. The highest BCUT2D eigenvalue weighted by Gasteiger charge is 2.58. The lowest BCUT2D eigenvalue weighted by atomic mass is 9.63. The van der Waals surface area contributed by atoms with Crippen LogP contribution in [0.3, 0.4) is 0 Å². The van der Waals surface area contributed by atoms with Gasteiger partial charge in [0.15, 0.2) is 0 Å². The zero-order chi connectivity index (χ0) is 16.9. The molecule has 2 saturated carbocycles. The first kappa shape index (κ1) is 15.6. The molecule has 3 fully saturated rings. The Kier molecular flexibility index (Phi) is 3.44. The Labute approximate surface area is 140 Å². The molecule has 2 aliphatic carbocycles. The zero-order valence-corrected chi connectivity index (χ0v) is 13.6. The highest BCUT2D eigenvalue weighted by atomic mass is 19.1. The van der Waals surface area contributed by atoms with Crippen molar-refractivity contribution in [3.05, 3.63) is 35.6 Å². The summed E-state index contributed by atoms with van der Waals surface area (Å²) in [6.07, 6.45) is 4.84. The minimum absolute atomic E-state index is 0.00521. The largest absolute Gasteiger partial charge is 0.481 e. The highest BCUT2D eigenvalue weighted by molar-refractivity contribution is 5.90. The van der Waals surface area contributed by atoms with E-state index in [1.54, 1.807) is 11.0 Å². The normalized spacial score (nSPS) is 30.7. The molecular formula is C19H22FNO3. The summed E-state index contributed by atoms with van der Waals surface area (Å²) in [5.74, 6) is -1.04. The summed E-state index contributed by atoms with van der Waals surface area (Å²) in [6.45, 7) is 0.838. The minimum atomic E-state index is -0.770. The third-order valence-electron chi connectivity index (χ3n) is 6.58. The molecule has 1 amide bonds. The van der Waals surface area contributed by atoms with E-state index in [0.29, 0.717) is 19.5 Å². The van der Waals surface area contributed by atoms with Crippen LogP contribution in [0.1, 0.15) is 44.1 Å². The van der Waals surface area contributed by atoms with Crippen LogP contribution in [0.25, 0.3) is 0 Å². The van der Waals surface area contributed by atoms with Crippen molar-refractivity contribution in [3.8, 4) is 0 Å². The lowest BCUT2D eigenvalue weighted by Gasteiger charge is -2.43. The molecule has 24 heavy (non-hydrogen) atoms. The summed E-state index contributed by atoms with van der Waals surface area (Å²) >= 11 is 0. The van der Waals surface area contributed by atoms with Gasteiger partial charge in [-0.3, -0.25) is 9.59 Å². The first-order valence-corrected chi connectivity index (χ1v) is 8.77. The standard InChI is InChI=1S/C19H22FNO3/c20-15-6-1-4-13(10-15)18(8-3-9-18)16(22)21-11-14-5-2-7-19(14,12-21)17(23)24/h1,4,6,10,14H,2-3,5,7-9,11-12H2,(H,23,24)/t14-,19+/m0/s1. The first-order chi connectivity index (χ1) is 11.5. The third-order valence-corrected chi connectivity index (χ3v) is 6.58. The van der Waals surface area contributed by atoms with Gasteiger partial charge in [0.25, 0.3) is 0 Å². The number of fused-ring (bicyclic) bond motifs is 1. The van der Waals surface area contributed by atoms with Crippen LogP contribution < -0.4 is 0 Å². The second-order valence-corrected chi connectivity index (χ2v) is 7.68. The van der Waals surface area contributed by atoms with E-state index in [-0.39, 0.29) is 17.6 Å². The van der Waals surface area contributed by atoms with Gasteiger partial charge in [-0.15, -0.1) is 0 Å². The Balaban J connectivity index is 1.63. The van der Waals surface area contributed by atoms with Gasteiger partial charge in [-0.1, -0.05) is 25.0 Å². The van der Waals surface area contributed by atoms with E-state index in [2.05, 4.69) is 0 Å². The van der Waals surface area contributed by atoms with E-state index in [0.717, 1.165) is 37.7 Å². The summed E-state index contributed by atoms with van der Waals surface area (Å²) in [4.78, 5) is 26.9. The van der Waals surface area contributed by atoms with Crippen molar-refractivity contribution in [3.63, 3.8) is 0 Å². The van der Waals surface area contributed by atoms with Crippen molar-refractivity contribution in [2.75, 3.05) is 13.1 Å². The van der Waals surface area contributed by atoms with Crippen molar-refractivity contribution in [2.24, 2.45) is 11.3 Å². The Morgan fingerprint density at radius 1 is 1.21 bits per heavy atom. The smallest absolute Gasteiger partial charge is 0.311 e. The number of likely N-dealkylation sites (tertiary alicyclic amines) is 1. The average molecular weight is 331 g/mol. The second kappa shape index (κ2) is 5.30. The molecule has 1 aromatic rings. The van der Waals surface area contributed by atoms with Crippen LogP contribution in [-0.4, -0.2) is 35.0 Å². The first-order valence-electron chi connectivity index (χ1n) is 8.77. The molecule has 0 radical (unpaired) electrons. The number of aliphatic carboxylic acids is 1. The molecule has 0 spiro atoms. The van der Waals surface area contributed by atoms with E-state index in [1.165, 1.54) is 12.1 Å². The Hall–Kier alpha value is -1.91. The maximum Gasteiger partial charge on any atom is 0.311 e. The predicted octanol–water partition coefficient (Wildman–Crippen LogP) is 2.96. The van der Waals surface area contributed by atoms with Crippen LogP contribution in [0.5, 0.6) is 0 Å². The number of rotatable bonds is 3. The van der Waals surface area contributed by atoms with E-state index in [9.17, 15) is 19.1 Å². The van der Waals surface area contributed by atoms with Gasteiger partial charge < -0.3 is 10.0 Å². The van der Waals surface area contributed by atoms with Crippen LogP contribution in [0, 0.1) is 17.2 Å². The second-order valence-electron chi connectivity index (χ2n) is 7.68. The van der Waals surface area contributed by atoms with E-state index < -0.39 is 16.8 Å². The summed E-state index contributed by atoms with van der Waals surface area (Å²) in [6, 6.07) is 6.32. The molecule has 5 heteroatoms. The highest BCUT2D eigenvalue weighted by Crippen LogP contribution is 2.52. The molecule has 4 rings (SSSR count). The van der Waals surface area contributed by atoms with Gasteiger partial charge in [-0.2, -0.15) is 0 Å². The number of carbonyl (C=O) groups is 2. The van der Waals surface area contributed by atoms with Crippen molar-refractivity contribution < 1.29 is 19.1 Å². The van der Waals surface area contributed by atoms with Gasteiger partial charge in [0.05, 0.1) is 10.8 Å². The number of hydrogen-bond acceptors (Lipinski definition) is 2. The maximum absolute atomic E-state index is 13.7. The van der Waals surface area contributed by atoms with Gasteiger partial charge in [0, 0.05) is 13.1 Å². The van der Waals surface area contributed by atoms with Crippen LogP contribution in [0.4, 0.5) is 4.39 Å². The Bertz CT molecular complexity index is 700. The van der Waals surface area contributed by atoms with Crippen molar-refractivity contribution in [1.82, 2.24) is 4.90 Å². The quantitative estimate of drug-likeness (QED) is 0.926.